The number of ketones is 3. The Morgan fingerprint density at radius 1 is 0.623 bits per heavy atom. The minimum Gasteiger partial charge on any atom is -0.346 e. The number of hydrogen-bond acceptors (Lipinski definition) is 5. The van der Waals surface area contributed by atoms with Gasteiger partial charge in [0.1, 0.15) is 11.4 Å². The third-order valence-electron chi connectivity index (χ3n) is 9.73. The quantitative estimate of drug-likeness (QED) is 0.0865. The average molecular weight is 721 g/mol. The highest BCUT2D eigenvalue weighted by atomic mass is 31.2. The zero-order valence-corrected chi connectivity index (χ0v) is 31.3. The minimum atomic E-state index is -3.00. The summed E-state index contributed by atoms with van der Waals surface area (Å²) in [5.41, 5.74) is 1.42. The Morgan fingerprint density at radius 3 is 1.49 bits per heavy atom. The molecule has 1 unspecified atom stereocenters. The number of hydrogen-bond donors (Lipinski definition) is 1. The van der Waals surface area contributed by atoms with Crippen molar-refractivity contribution < 1.29 is 19.2 Å². The van der Waals surface area contributed by atoms with Gasteiger partial charge in [-0.25, -0.2) is 0 Å². The summed E-state index contributed by atoms with van der Waals surface area (Å²) in [7, 11) is 0. The van der Waals surface area contributed by atoms with E-state index in [4.69, 9.17) is 0 Å². The maximum absolute atomic E-state index is 14.9. The molecule has 0 aliphatic carbocycles. The first-order valence-electron chi connectivity index (χ1n) is 18.0. The zero-order valence-electron chi connectivity index (χ0n) is 30.4. The van der Waals surface area contributed by atoms with Gasteiger partial charge in [-0.3, -0.25) is 19.2 Å². The fourth-order valence-electron chi connectivity index (χ4n) is 6.82. The number of rotatable bonds is 16. The van der Waals surface area contributed by atoms with Crippen LogP contribution in [0.5, 0.6) is 0 Å². The maximum Gasteiger partial charge on any atom is 0.224 e. The first-order valence-corrected chi connectivity index (χ1v) is 19.8. The lowest BCUT2D eigenvalue weighted by Crippen LogP contribution is -2.44. The number of carbonyl (C=O) groups is 4. The van der Waals surface area contributed by atoms with Gasteiger partial charge in [-0.05, 0) is 47.6 Å². The van der Waals surface area contributed by atoms with E-state index >= 15 is 0 Å². The molecule has 0 fully saturated rings. The van der Waals surface area contributed by atoms with Crippen LogP contribution in [0.3, 0.4) is 0 Å². The van der Waals surface area contributed by atoms with Crippen molar-refractivity contribution in [3.63, 3.8) is 0 Å². The van der Waals surface area contributed by atoms with Gasteiger partial charge in [-0.2, -0.15) is 5.26 Å². The summed E-state index contributed by atoms with van der Waals surface area (Å²) in [6, 6.07) is 48.9. The van der Waals surface area contributed by atoms with E-state index in [1.807, 2.05) is 141 Å². The fourth-order valence-corrected chi connectivity index (χ4v) is 11.0. The van der Waals surface area contributed by atoms with E-state index in [9.17, 15) is 24.4 Å². The molecule has 53 heavy (non-hydrogen) atoms. The van der Waals surface area contributed by atoms with Gasteiger partial charge in [-0.15, -0.1) is 0 Å². The monoisotopic (exact) mass is 720 g/mol. The summed E-state index contributed by atoms with van der Waals surface area (Å²) in [5, 5.41) is 16.6. The number of carbonyl (C=O) groups excluding carboxylic acids is 4. The van der Waals surface area contributed by atoms with Gasteiger partial charge in [-0.1, -0.05) is 166 Å². The molecule has 5 rings (SSSR count). The third-order valence-corrected chi connectivity index (χ3v) is 13.9. The van der Waals surface area contributed by atoms with Crippen molar-refractivity contribution >= 4 is 51.4 Å². The van der Waals surface area contributed by atoms with Crippen LogP contribution in [0.1, 0.15) is 49.5 Å². The average Bonchev–Trinajstić information content (AvgIpc) is 3.20. The Labute approximate surface area is 312 Å². The Balaban J connectivity index is 1.47. The highest BCUT2D eigenvalue weighted by molar-refractivity contribution is 7.97. The lowest BCUT2D eigenvalue weighted by Gasteiger charge is -2.31. The summed E-state index contributed by atoms with van der Waals surface area (Å²) >= 11 is 0. The molecule has 6 nitrogen and oxygen atoms in total. The number of nitrogens with one attached hydrogen (secondary N) is 1. The van der Waals surface area contributed by atoms with Gasteiger partial charge in [0.2, 0.25) is 5.91 Å². The molecule has 0 aliphatic heterocycles. The molecular formula is C46H45N2O4P. The molecule has 0 radical (unpaired) electrons. The van der Waals surface area contributed by atoms with E-state index in [2.05, 4.69) is 11.4 Å². The van der Waals surface area contributed by atoms with Crippen molar-refractivity contribution in [2.75, 3.05) is 0 Å². The lowest BCUT2D eigenvalue weighted by atomic mass is 9.84. The van der Waals surface area contributed by atoms with E-state index in [1.54, 1.807) is 31.2 Å². The first kappa shape index (κ1) is 38.6. The van der Waals surface area contributed by atoms with E-state index in [-0.39, 0.29) is 41.4 Å². The summed E-state index contributed by atoms with van der Waals surface area (Å²) in [5.74, 6) is -3.06. The molecule has 268 valence electrons. The van der Waals surface area contributed by atoms with Crippen molar-refractivity contribution in [3.05, 3.63) is 163 Å². The molecule has 0 bridgehead atoms. The van der Waals surface area contributed by atoms with Gasteiger partial charge < -0.3 is 5.32 Å². The molecule has 0 spiro atoms. The van der Waals surface area contributed by atoms with Crippen LogP contribution < -0.4 is 21.2 Å². The van der Waals surface area contributed by atoms with Crippen LogP contribution in [0.15, 0.2) is 152 Å². The zero-order chi connectivity index (χ0) is 37.8. The van der Waals surface area contributed by atoms with Gasteiger partial charge in [0.25, 0.3) is 0 Å². The standard InChI is InChI=1S/C46H45N2O4P/c1-33(2)41(31-42(49)34(3)48-46(52)37(29-35-19-9-4-10-20-35)30-43(50)36-21-11-5-12-22-36)45(51)44(32-47)53(38-23-13-6-14-24-38,39-25-15-7-16-26-39)40-27-17-8-18-28-40/h4-28,33-34,37,41H,29-31H2,1-3H3,(H,48,52)/t34-,37+,41?/m0/s1. The van der Waals surface area contributed by atoms with Crippen molar-refractivity contribution in [1.82, 2.24) is 5.32 Å². The summed E-state index contributed by atoms with van der Waals surface area (Å²) < 4.78 is 0. The van der Waals surface area contributed by atoms with Crippen LogP contribution in [0.4, 0.5) is 0 Å². The molecule has 7 heteroatoms. The predicted molar refractivity (Wildman–Crippen MR) is 215 cm³/mol. The second-order valence-corrected chi connectivity index (χ2v) is 17.0. The van der Waals surface area contributed by atoms with Crippen LogP contribution in [0.2, 0.25) is 0 Å². The molecule has 0 aromatic heterocycles. The normalized spacial score (nSPS) is 12.9. The second kappa shape index (κ2) is 18.2. The molecule has 0 saturated carbocycles. The minimum absolute atomic E-state index is 0.0243. The number of benzene rings is 5. The number of nitrogens with zero attached hydrogens (tertiary/aromatic N) is 1. The van der Waals surface area contributed by atoms with Crippen molar-refractivity contribution in [3.8, 4) is 6.07 Å². The van der Waals surface area contributed by atoms with E-state index in [0.717, 1.165) is 21.5 Å². The van der Waals surface area contributed by atoms with Crippen LogP contribution in [0.25, 0.3) is 0 Å². The van der Waals surface area contributed by atoms with Gasteiger partial charge in [0, 0.05) is 30.2 Å². The van der Waals surface area contributed by atoms with Crippen LogP contribution in [0, 0.1) is 29.1 Å². The number of nitriles is 1. The van der Waals surface area contributed by atoms with Gasteiger partial charge in [0.15, 0.2) is 17.3 Å². The molecule has 1 amide bonds. The largest absolute Gasteiger partial charge is 0.346 e. The highest BCUT2D eigenvalue weighted by Crippen LogP contribution is 2.47. The van der Waals surface area contributed by atoms with E-state index in [0.29, 0.717) is 12.0 Å². The molecule has 3 atom stereocenters. The second-order valence-electron chi connectivity index (χ2n) is 13.6. The molecule has 0 aliphatic rings. The van der Waals surface area contributed by atoms with Gasteiger partial charge in [0.05, 0.1) is 6.04 Å². The van der Waals surface area contributed by atoms with Gasteiger partial charge >= 0.3 is 0 Å². The molecule has 0 heterocycles. The highest BCUT2D eigenvalue weighted by Gasteiger charge is 2.38. The van der Waals surface area contributed by atoms with Crippen LogP contribution in [-0.2, 0) is 20.8 Å². The lowest BCUT2D eigenvalue weighted by molar-refractivity contribution is -0.131. The third kappa shape index (κ3) is 9.06. The number of amides is 1. The Bertz CT molecular complexity index is 2010. The topological polar surface area (TPSA) is 104 Å². The van der Waals surface area contributed by atoms with E-state index < -0.39 is 30.7 Å². The molecule has 5 aromatic carbocycles. The maximum atomic E-state index is 14.9. The summed E-state index contributed by atoms with van der Waals surface area (Å²) in [6.07, 6.45) is 0.140. The Morgan fingerprint density at radius 2 is 1.06 bits per heavy atom. The Kier molecular flexibility index (Phi) is 13.3. The molecular weight excluding hydrogens is 675 g/mol. The van der Waals surface area contributed by atoms with Crippen LogP contribution in [-0.4, -0.2) is 34.6 Å². The fraction of sp³-hybridized carbons (Fsp3) is 0.217. The SMILES string of the molecule is CC(C)C(CC(=O)[C@H](C)NC(=O)[C@@H](CC(=O)c1ccccc1)Cc1ccccc1)C(=O)C(C#N)=P(c1ccccc1)(c1ccccc1)c1ccccc1. The molecule has 0 saturated heterocycles. The van der Waals surface area contributed by atoms with Crippen LogP contribution >= 0.6 is 6.89 Å². The molecule has 1 N–H and O–H groups in total. The summed E-state index contributed by atoms with van der Waals surface area (Å²) in [6.45, 7) is 2.38. The smallest absolute Gasteiger partial charge is 0.224 e. The van der Waals surface area contributed by atoms with Crippen molar-refractivity contribution in [2.45, 2.75) is 46.1 Å². The molecule has 5 aromatic rings. The Hall–Kier alpha value is -5.63. The first-order chi connectivity index (χ1) is 25.7. The number of Topliss-reactive ketones (excluding diaryl/α,β-unsaturated/α-hetero) is 3. The predicted octanol–water partition coefficient (Wildman–Crippen LogP) is 7.11. The summed E-state index contributed by atoms with van der Waals surface area (Å²) in [4.78, 5) is 55.9. The van der Waals surface area contributed by atoms with E-state index in [1.165, 1.54) is 0 Å². The van der Waals surface area contributed by atoms with Crippen molar-refractivity contribution in [2.24, 2.45) is 17.8 Å². The van der Waals surface area contributed by atoms with Crippen molar-refractivity contribution in [1.29, 1.82) is 5.26 Å².